The normalized spacial score (nSPS) is 33.9. The summed E-state index contributed by atoms with van der Waals surface area (Å²) in [7, 11) is 2.04. The van der Waals surface area contributed by atoms with E-state index in [1.54, 1.807) is 0 Å². The van der Waals surface area contributed by atoms with Crippen LogP contribution in [0.15, 0.2) is 0 Å². The molecule has 1 aliphatic carbocycles. The highest BCUT2D eigenvalue weighted by atomic mass is 15.0. The Hall–Kier alpha value is -0.0800. The molecule has 1 atom stereocenters. The Labute approximate surface area is 62.4 Å². The molecule has 1 aliphatic heterocycles. The molecule has 1 saturated carbocycles. The van der Waals surface area contributed by atoms with Gasteiger partial charge in [-0.25, -0.2) is 0 Å². The van der Waals surface area contributed by atoms with E-state index in [0.29, 0.717) is 0 Å². The van der Waals surface area contributed by atoms with Gasteiger partial charge >= 0.3 is 0 Å². The van der Waals surface area contributed by atoms with Gasteiger partial charge in [-0.2, -0.15) is 0 Å². The van der Waals surface area contributed by atoms with E-state index >= 15 is 0 Å². The SMILES string of the molecule is CNCCC1CC12CNC2. The first-order chi connectivity index (χ1) is 4.87. The van der Waals surface area contributed by atoms with E-state index in [0.717, 1.165) is 11.3 Å². The van der Waals surface area contributed by atoms with E-state index in [2.05, 4.69) is 10.6 Å². The zero-order chi connectivity index (χ0) is 7.03. The second-order valence-electron chi connectivity index (χ2n) is 3.76. The lowest BCUT2D eigenvalue weighted by Gasteiger charge is -2.28. The van der Waals surface area contributed by atoms with Crippen LogP contribution in [0.3, 0.4) is 0 Å². The fourth-order valence-corrected chi connectivity index (χ4v) is 2.04. The minimum Gasteiger partial charge on any atom is -0.320 e. The maximum absolute atomic E-state index is 3.35. The molecule has 0 aromatic heterocycles. The van der Waals surface area contributed by atoms with E-state index in [1.807, 2.05) is 7.05 Å². The van der Waals surface area contributed by atoms with Gasteiger partial charge in [0.2, 0.25) is 0 Å². The fraction of sp³-hybridized carbons (Fsp3) is 1.00. The third kappa shape index (κ3) is 0.867. The van der Waals surface area contributed by atoms with Crippen molar-refractivity contribution in [1.29, 1.82) is 0 Å². The molecule has 1 unspecified atom stereocenters. The average molecular weight is 140 g/mol. The van der Waals surface area contributed by atoms with E-state index < -0.39 is 0 Å². The standard InChI is InChI=1S/C8H16N2/c1-9-3-2-7-4-8(7)5-10-6-8/h7,9-10H,2-6H2,1H3. The summed E-state index contributed by atoms with van der Waals surface area (Å²) < 4.78 is 0. The van der Waals surface area contributed by atoms with Crippen LogP contribution in [0.5, 0.6) is 0 Å². The predicted molar refractivity (Wildman–Crippen MR) is 42.0 cm³/mol. The zero-order valence-corrected chi connectivity index (χ0v) is 6.61. The Morgan fingerprint density at radius 1 is 1.60 bits per heavy atom. The van der Waals surface area contributed by atoms with Crippen LogP contribution in [0.1, 0.15) is 12.8 Å². The molecule has 10 heavy (non-hydrogen) atoms. The summed E-state index contributed by atoms with van der Waals surface area (Å²) >= 11 is 0. The van der Waals surface area contributed by atoms with Gasteiger partial charge in [0.05, 0.1) is 0 Å². The summed E-state index contributed by atoms with van der Waals surface area (Å²) in [5, 5.41) is 6.55. The van der Waals surface area contributed by atoms with Gasteiger partial charge in [-0.15, -0.1) is 0 Å². The summed E-state index contributed by atoms with van der Waals surface area (Å²) in [6.45, 7) is 3.79. The second-order valence-corrected chi connectivity index (χ2v) is 3.76. The summed E-state index contributed by atoms with van der Waals surface area (Å²) in [4.78, 5) is 0. The van der Waals surface area contributed by atoms with Crippen LogP contribution < -0.4 is 10.6 Å². The molecule has 2 rings (SSSR count). The predicted octanol–water partition coefficient (Wildman–Crippen LogP) is 0.205. The molecule has 2 fully saturated rings. The van der Waals surface area contributed by atoms with Gasteiger partial charge in [0.15, 0.2) is 0 Å². The molecular weight excluding hydrogens is 124 g/mol. The Morgan fingerprint density at radius 3 is 2.80 bits per heavy atom. The highest BCUT2D eigenvalue weighted by Crippen LogP contribution is 2.56. The first-order valence-electron chi connectivity index (χ1n) is 4.23. The van der Waals surface area contributed by atoms with Gasteiger partial charge in [0.25, 0.3) is 0 Å². The van der Waals surface area contributed by atoms with E-state index in [1.165, 1.54) is 32.5 Å². The van der Waals surface area contributed by atoms with Gasteiger partial charge < -0.3 is 10.6 Å². The second kappa shape index (κ2) is 2.21. The minimum atomic E-state index is 0.789. The highest BCUT2D eigenvalue weighted by molar-refractivity contribution is 5.10. The van der Waals surface area contributed by atoms with E-state index in [-0.39, 0.29) is 0 Å². The summed E-state index contributed by atoms with van der Waals surface area (Å²) in [5.74, 6) is 1.04. The topological polar surface area (TPSA) is 24.1 Å². The lowest BCUT2D eigenvalue weighted by Crippen LogP contribution is -2.45. The third-order valence-electron chi connectivity index (χ3n) is 3.06. The molecular formula is C8H16N2. The quantitative estimate of drug-likeness (QED) is 0.585. The van der Waals surface area contributed by atoms with Crippen LogP contribution >= 0.6 is 0 Å². The van der Waals surface area contributed by atoms with Crippen molar-refractivity contribution in [3.05, 3.63) is 0 Å². The van der Waals surface area contributed by atoms with Gasteiger partial charge in [-0.1, -0.05) is 0 Å². The van der Waals surface area contributed by atoms with Gasteiger partial charge in [-0.05, 0) is 37.8 Å². The van der Waals surface area contributed by atoms with Crippen molar-refractivity contribution in [3.8, 4) is 0 Å². The Morgan fingerprint density at radius 2 is 2.40 bits per heavy atom. The maximum Gasteiger partial charge on any atom is 0.00230 e. The monoisotopic (exact) mass is 140 g/mol. The molecule has 0 radical (unpaired) electrons. The zero-order valence-electron chi connectivity index (χ0n) is 6.61. The van der Waals surface area contributed by atoms with Crippen molar-refractivity contribution in [2.45, 2.75) is 12.8 Å². The Bertz CT molecular complexity index is 129. The third-order valence-corrected chi connectivity index (χ3v) is 3.06. The molecule has 58 valence electrons. The van der Waals surface area contributed by atoms with Crippen LogP contribution in [-0.4, -0.2) is 26.7 Å². The van der Waals surface area contributed by atoms with Crippen molar-refractivity contribution in [2.75, 3.05) is 26.7 Å². The number of nitrogens with one attached hydrogen (secondary N) is 2. The molecule has 0 aromatic rings. The Balaban J connectivity index is 1.69. The molecule has 0 amide bonds. The molecule has 1 saturated heterocycles. The average Bonchev–Trinajstić information content (AvgIpc) is 2.56. The largest absolute Gasteiger partial charge is 0.320 e. The molecule has 1 spiro atoms. The highest BCUT2D eigenvalue weighted by Gasteiger charge is 2.56. The molecule has 0 aromatic carbocycles. The summed E-state index contributed by atoms with van der Waals surface area (Å²) in [6.07, 6.45) is 2.87. The van der Waals surface area contributed by atoms with Gasteiger partial charge in [0, 0.05) is 13.1 Å². The van der Waals surface area contributed by atoms with Crippen LogP contribution in [0.25, 0.3) is 0 Å². The smallest absolute Gasteiger partial charge is 0.00230 e. The van der Waals surface area contributed by atoms with Crippen LogP contribution in [0, 0.1) is 11.3 Å². The number of hydrogen-bond donors (Lipinski definition) is 2. The minimum absolute atomic E-state index is 0.789. The van der Waals surface area contributed by atoms with Crippen molar-refractivity contribution >= 4 is 0 Å². The van der Waals surface area contributed by atoms with Crippen molar-refractivity contribution < 1.29 is 0 Å². The lowest BCUT2D eigenvalue weighted by atomic mass is 9.95. The van der Waals surface area contributed by atoms with E-state index in [4.69, 9.17) is 0 Å². The molecule has 2 heteroatoms. The first-order valence-corrected chi connectivity index (χ1v) is 4.23. The first kappa shape index (κ1) is 6.62. The molecule has 1 heterocycles. The summed E-state index contributed by atoms with van der Waals surface area (Å²) in [5.41, 5.74) is 0.789. The van der Waals surface area contributed by atoms with Crippen molar-refractivity contribution in [1.82, 2.24) is 10.6 Å². The van der Waals surface area contributed by atoms with Crippen molar-refractivity contribution in [3.63, 3.8) is 0 Å². The Kier molecular flexibility index (Phi) is 1.46. The van der Waals surface area contributed by atoms with Gasteiger partial charge in [0.1, 0.15) is 0 Å². The molecule has 2 N–H and O–H groups in total. The molecule has 2 nitrogen and oxygen atoms in total. The van der Waals surface area contributed by atoms with E-state index in [9.17, 15) is 0 Å². The fourth-order valence-electron chi connectivity index (χ4n) is 2.04. The summed E-state index contributed by atoms with van der Waals surface area (Å²) in [6, 6.07) is 0. The van der Waals surface area contributed by atoms with Crippen LogP contribution in [-0.2, 0) is 0 Å². The number of hydrogen-bond acceptors (Lipinski definition) is 2. The maximum atomic E-state index is 3.35. The number of rotatable bonds is 3. The molecule has 2 aliphatic rings. The van der Waals surface area contributed by atoms with Crippen LogP contribution in [0.2, 0.25) is 0 Å². The molecule has 0 bridgehead atoms. The lowest BCUT2D eigenvalue weighted by molar-refractivity contribution is 0.287. The van der Waals surface area contributed by atoms with Crippen molar-refractivity contribution in [2.24, 2.45) is 11.3 Å². The van der Waals surface area contributed by atoms with Crippen LogP contribution in [0.4, 0.5) is 0 Å². The van der Waals surface area contributed by atoms with Gasteiger partial charge in [-0.3, -0.25) is 0 Å².